The van der Waals surface area contributed by atoms with Crippen LogP contribution in [0.25, 0.3) is 11.4 Å². The van der Waals surface area contributed by atoms with Crippen molar-refractivity contribution in [2.45, 2.75) is 32.3 Å². The van der Waals surface area contributed by atoms with Crippen LogP contribution in [0.1, 0.15) is 37.4 Å². The predicted molar refractivity (Wildman–Crippen MR) is 117 cm³/mol. The molecule has 2 aromatic heterocycles. The Balaban J connectivity index is 1.60. The number of nitro groups is 1. The number of hydrogen-bond donors (Lipinski definition) is 1. The Kier molecular flexibility index (Phi) is 5.94. The minimum atomic E-state index is -0.635. The van der Waals surface area contributed by atoms with Gasteiger partial charge in [0.15, 0.2) is 5.82 Å². The molecule has 31 heavy (non-hydrogen) atoms. The van der Waals surface area contributed by atoms with Gasteiger partial charge in [-0.1, -0.05) is 6.92 Å². The average molecular weight is 422 g/mol. The standard InChI is InChI=1S/C22H26N6O3/c1-3-17-13-19(25-21(24-17)15-6-8-18(9-7-15)28(30)31)27-11-4-5-16(14-27)20(29)22-23-10-12-26(22)2/h6-10,12-13,16,20,29H,3-5,11,14H2,1-2H3. The third-order valence-corrected chi connectivity index (χ3v) is 5.82. The number of nitro benzene ring substituents is 1. The molecule has 1 N–H and O–H groups in total. The van der Waals surface area contributed by atoms with E-state index in [0.717, 1.165) is 42.9 Å². The Morgan fingerprint density at radius 3 is 2.71 bits per heavy atom. The van der Waals surface area contributed by atoms with Gasteiger partial charge in [0, 0.05) is 67.9 Å². The first-order valence-electron chi connectivity index (χ1n) is 10.5. The van der Waals surface area contributed by atoms with Crippen molar-refractivity contribution in [2.24, 2.45) is 13.0 Å². The summed E-state index contributed by atoms with van der Waals surface area (Å²) in [5.41, 5.74) is 1.69. The van der Waals surface area contributed by atoms with Crippen LogP contribution < -0.4 is 4.90 Å². The van der Waals surface area contributed by atoms with E-state index in [-0.39, 0.29) is 11.6 Å². The fraction of sp³-hybridized carbons (Fsp3) is 0.409. The first-order chi connectivity index (χ1) is 15.0. The number of rotatable bonds is 6. The van der Waals surface area contributed by atoms with Crippen molar-refractivity contribution < 1.29 is 10.0 Å². The molecule has 0 bridgehead atoms. The zero-order valence-corrected chi connectivity index (χ0v) is 17.7. The Labute approximate surface area is 180 Å². The number of hydrogen-bond acceptors (Lipinski definition) is 7. The molecule has 3 aromatic rings. The van der Waals surface area contributed by atoms with E-state index in [0.29, 0.717) is 18.2 Å². The summed E-state index contributed by atoms with van der Waals surface area (Å²) in [4.78, 5) is 26.4. The van der Waals surface area contributed by atoms with Crippen LogP contribution in [0.4, 0.5) is 11.5 Å². The molecule has 1 saturated heterocycles. The summed E-state index contributed by atoms with van der Waals surface area (Å²) in [5.74, 6) is 2.10. The molecule has 2 atom stereocenters. The molecule has 3 heterocycles. The number of aryl methyl sites for hydroxylation is 2. The van der Waals surface area contributed by atoms with E-state index in [4.69, 9.17) is 4.98 Å². The molecule has 2 unspecified atom stereocenters. The predicted octanol–water partition coefficient (Wildman–Crippen LogP) is 3.30. The van der Waals surface area contributed by atoms with Crippen molar-refractivity contribution in [3.63, 3.8) is 0 Å². The van der Waals surface area contributed by atoms with Crippen LogP contribution in [0.3, 0.4) is 0 Å². The van der Waals surface area contributed by atoms with E-state index in [2.05, 4.69) is 14.9 Å². The second-order valence-electron chi connectivity index (χ2n) is 7.89. The lowest BCUT2D eigenvalue weighted by atomic mass is 9.92. The summed E-state index contributed by atoms with van der Waals surface area (Å²) in [6, 6.07) is 8.29. The van der Waals surface area contributed by atoms with Gasteiger partial charge in [-0.25, -0.2) is 15.0 Å². The molecule has 9 nitrogen and oxygen atoms in total. The van der Waals surface area contributed by atoms with Crippen molar-refractivity contribution >= 4 is 11.5 Å². The molecule has 1 aliphatic heterocycles. The molecule has 0 aliphatic carbocycles. The van der Waals surface area contributed by atoms with E-state index < -0.39 is 11.0 Å². The van der Waals surface area contributed by atoms with Crippen molar-refractivity contribution in [1.29, 1.82) is 0 Å². The highest BCUT2D eigenvalue weighted by Gasteiger charge is 2.30. The number of aliphatic hydroxyl groups is 1. The summed E-state index contributed by atoms with van der Waals surface area (Å²) in [5, 5.41) is 21.8. The third kappa shape index (κ3) is 4.41. The summed E-state index contributed by atoms with van der Waals surface area (Å²) < 4.78 is 1.86. The van der Waals surface area contributed by atoms with Gasteiger partial charge in [-0.3, -0.25) is 10.1 Å². The minimum absolute atomic E-state index is 0.0396. The van der Waals surface area contributed by atoms with Gasteiger partial charge in [0.1, 0.15) is 17.7 Å². The van der Waals surface area contributed by atoms with Gasteiger partial charge < -0.3 is 14.6 Å². The summed E-state index contributed by atoms with van der Waals surface area (Å²) in [7, 11) is 1.89. The molecule has 1 aromatic carbocycles. The molecule has 0 amide bonds. The smallest absolute Gasteiger partial charge is 0.269 e. The maximum Gasteiger partial charge on any atom is 0.269 e. The molecule has 0 saturated carbocycles. The van der Waals surface area contributed by atoms with E-state index in [1.165, 1.54) is 12.1 Å². The van der Waals surface area contributed by atoms with Crippen molar-refractivity contribution in [3.8, 4) is 11.4 Å². The van der Waals surface area contributed by atoms with Gasteiger partial charge in [0.25, 0.3) is 5.69 Å². The van der Waals surface area contributed by atoms with E-state index >= 15 is 0 Å². The summed E-state index contributed by atoms with van der Waals surface area (Å²) in [6.45, 7) is 3.56. The van der Waals surface area contributed by atoms with Gasteiger partial charge in [0.05, 0.1) is 4.92 Å². The summed E-state index contributed by atoms with van der Waals surface area (Å²) in [6.07, 6.45) is 5.53. The normalized spacial score (nSPS) is 17.5. The van der Waals surface area contributed by atoms with Crippen LogP contribution in [0.15, 0.2) is 42.7 Å². The maximum atomic E-state index is 10.9. The molecule has 1 aliphatic rings. The van der Waals surface area contributed by atoms with E-state index in [1.807, 2.05) is 30.8 Å². The fourth-order valence-electron chi connectivity index (χ4n) is 4.04. The lowest BCUT2D eigenvalue weighted by Crippen LogP contribution is -2.39. The van der Waals surface area contributed by atoms with Crippen LogP contribution in [-0.4, -0.2) is 42.6 Å². The van der Waals surface area contributed by atoms with Gasteiger partial charge in [-0.05, 0) is 31.4 Å². The second kappa shape index (κ2) is 8.81. The second-order valence-corrected chi connectivity index (χ2v) is 7.89. The Morgan fingerprint density at radius 1 is 1.29 bits per heavy atom. The molecule has 0 spiro atoms. The third-order valence-electron chi connectivity index (χ3n) is 5.82. The molecular weight excluding hydrogens is 396 g/mol. The highest BCUT2D eigenvalue weighted by molar-refractivity contribution is 5.60. The van der Waals surface area contributed by atoms with Gasteiger partial charge in [0.2, 0.25) is 0 Å². The molecule has 4 rings (SSSR count). The minimum Gasteiger partial charge on any atom is -0.385 e. The number of non-ortho nitro benzene ring substituents is 1. The van der Waals surface area contributed by atoms with Crippen molar-refractivity contribution in [3.05, 3.63) is 64.4 Å². The number of piperidine rings is 1. The largest absolute Gasteiger partial charge is 0.385 e. The van der Waals surface area contributed by atoms with Gasteiger partial charge in [-0.15, -0.1) is 0 Å². The lowest BCUT2D eigenvalue weighted by Gasteiger charge is -2.35. The first kappa shape index (κ1) is 20.9. The molecule has 0 radical (unpaired) electrons. The molecule has 1 fully saturated rings. The number of aromatic nitrogens is 4. The molecular formula is C22H26N6O3. The Hall–Kier alpha value is -3.33. The zero-order chi connectivity index (χ0) is 22.0. The van der Waals surface area contributed by atoms with Crippen molar-refractivity contribution in [2.75, 3.05) is 18.0 Å². The van der Waals surface area contributed by atoms with Crippen molar-refractivity contribution in [1.82, 2.24) is 19.5 Å². The Bertz CT molecular complexity index is 1070. The maximum absolute atomic E-state index is 10.9. The van der Waals surface area contributed by atoms with E-state index in [9.17, 15) is 15.2 Å². The quantitative estimate of drug-likeness (QED) is 0.479. The van der Waals surface area contributed by atoms with Crippen LogP contribution >= 0.6 is 0 Å². The molecule has 9 heteroatoms. The first-order valence-corrected chi connectivity index (χ1v) is 10.5. The average Bonchev–Trinajstić information content (AvgIpc) is 3.24. The van der Waals surface area contributed by atoms with Crippen LogP contribution in [0, 0.1) is 16.0 Å². The number of nitrogens with zero attached hydrogens (tertiary/aromatic N) is 6. The van der Waals surface area contributed by atoms with E-state index in [1.54, 1.807) is 18.3 Å². The molecule has 162 valence electrons. The topological polar surface area (TPSA) is 110 Å². The number of benzene rings is 1. The highest BCUT2D eigenvalue weighted by Crippen LogP contribution is 2.31. The number of imidazole rings is 1. The summed E-state index contributed by atoms with van der Waals surface area (Å²) >= 11 is 0. The monoisotopic (exact) mass is 422 g/mol. The van der Waals surface area contributed by atoms with Gasteiger partial charge in [-0.2, -0.15) is 0 Å². The lowest BCUT2D eigenvalue weighted by molar-refractivity contribution is -0.384. The van der Waals surface area contributed by atoms with Crippen LogP contribution in [0.5, 0.6) is 0 Å². The highest BCUT2D eigenvalue weighted by atomic mass is 16.6. The SMILES string of the molecule is CCc1cc(N2CCCC(C(O)c3nccn3C)C2)nc(-c2ccc([N+](=O)[O-])cc2)n1. The fourth-order valence-corrected chi connectivity index (χ4v) is 4.04. The Morgan fingerprint density at radius 2 is 2.06 bits per heavy atom. The number of aliphatic hydroxyl groups excluding tert-OH is 1. The number of anilines is 1. The van der Waals surface area contributed by atoms with Gasteiger partial charge >= 0.3 is 0 Å². The zero-order valence-electron chi connectivity index (χ0n) is 17.7. The van der Waals surface area contributed by atoms with Crippen LogP contribution in [-0.2, 0) is 13.5 Å². The van der Waals surface area contributed by atoms with Crippen LogP contribution in [0.2, 0.25) is 0 Å².